The minimum atomic E-state index is 0. The molecule has 0 aliphatic heterocycles. The molecule has 0 radical (unpaired) electrons. The predicted octanol–water partition coefficient (Wildman–Crippen LogP) is 6.53. The largest absolute Gasteiger partial charge is 0.493 e. The molecule has 4 heteroatoms. The van der Waals surface area contributed by atoms with Gasteiger partial charge in [-0.05, 0) is 72.5 Å². The van der Waals surface area contributed by atoms with Gasteiger partial charge in [0.2, 0.25) is 0 Å². The van der Waals surface area contributed by atoms with Crippen molar-refractivity contribution in [3.63, 3.8) is 0 Å². The van der Waals surface area contributed by atoms with Gasteiger partial charge in [-0.2, -0.15) is 0 Å². The van der Waals surface area contributed by atoms with Crippen LogP contribution in [-0.4, -0.2) is 24.2 Å². The molecule has 0 aliphatic carbocycles. The van der Waals surface area contributed by atoms with Crippen molar-refractivity contribution in [1.29, 1.82) is 0 Å². The average Bonchev–Trinajstić information content (AvgIpc) is 2.74. The topological polar surface area (TPSA) is 44.2 Å². The summed E-state index contributed by atoms with van der Waals surface area (Å²) in [5, 5.41) is 3.46. The summed E-state index contributed by atoms with van der Waals surface area (Å²) in [4.78, 5) is 9.45. The fourth-order valence-electron chi connectivity index (χ4n) is 3.98. The molecule has 31 heavy (non-hydrogen) atoms. The number of rotatable bonds is 6. The predicted molar refractivity (Wildman–Crippen MR) is 129 cm³/mol. The summed E-state index contributed by atoms with van der Waals surface area (Å²) in [7, 11) is 3.35. The first-order chi connectivity index (χ1) is 14.5. The maximum Gasteiger partial charge on any atom is 0.161 e. The number of fused-ring (bicyclic) bond motifs is 2. The van der Waals surface area contributed by atoms with Gasteiger partial charge in [-0.1, -0.05) is 33.4 Å². The average molecular weight is 417 g/mol. The second kappa shape index (κ2) is 9.34. The van der Waals surface area contributed by atoms with Gasteiger partial charge in [0, 0.05) is 28.4 Å². The number of ether oxygens (including phenoxy) is 2. The summed E-state index contributed by atoms with van der Waals surface area (Å²) >= 11 is 0. The Morgan fingerprint density at radius 1 is 0.903 bits per heavy atom. The van der Waals surface area contributed by atoms with E-state index in [1.54, 1.807) is 14.2 Å². The van der Waals surface area contributed by atoms with E-state index in [9.17, 15) is 0 Å². The van der Waals surface area contributed by atoms with E-state index in [-0.39, 0.29) is 7.43 Å². The Morgan fingerprint density at radius 2 is 1.61 bits per heavy atom. The maximum atomic E-state index is 5.59. The van der Waals surface area contributed by atoms with E-state index in [1.807, 2.05) is 13.1 Å². The third-order valence-electron chi connectivity index (χ3n) is 5.45. The van der Waals surface area contributed by atoms with Crippen LogP contribution in [-0.2, 0) is 12.8 Å². The third-order valence-corrected chi connectivity index (χ3v) is 5.45. The Balaban J connectivity index is 0.00000272. The molecule has 162 valence electrons. The molecule has 0 unspecified atom stereocenters. The normalized spacial score (nSPS) is 11.0. The molecule has 4 aromatic rings. The maximum absolute atomic E-state index is 5.59. The summed E-state index contributed by atoms with van der Waals surface area (Å²) in [6, 6.07) is 14.8. The van der Waals surface area contributed by atoms with E-state index >= 15 is 0 Å². The van der Waals surface area contributed by atoms with Crippen molar-refractivity contribution >= 4 is 21.7 Å². The Kier molecular flexibility index (Phi) is 6.79. The number of nitrogens with zero attached hydrogens (tertiary/aromatic N) is 2. The van der Waals surface area contributed by atoms with Crippen molar-refractivity contribution in [3.05, 3.63) is 71.2 Å². The lowest BCUT2D eigenvalue weighted by molar-refractivity contribution is 0.356. The zero-order chi connectivity index (χ0) is 21.3. The van der Waals surface area contributed by atoms with E-state index in [4.69, 9.17) is 14.5 Å². The van der Waals surface area contributed by atoms with Crippen LogP contribution in [0.5, 0.6) is 11.5 Å². The van der Waals surface area contributed by atoms with Crippen molar-refractivity contribution in [2.24, 2.45) is 5.92 Å². The van der Waals surface area contributed by atoms with E-state index < -0.39 is 0 Å². The molecule has 0 bridgehead atoms. The highest BCUT2D eigenvalue weighted by molar-refractivity contribution is 5.91. The van der Waals surface area contributed by atoms with Crippen molar-refractivity contribution in [2.75, 3.05) is 14.2 Å². The molecule has 0 fully saturated rings. The van der Waals surface area contributed by atoms with Crippen LogP contribution in [0.25, 0.3) is 21.7 Å². The van der Waals surface area contributed by atoms with Gasteiger partial charge >= 0.3 is 0 Å². The van der Waals surface area contributed by atoms with Gasteiger partial charge < -0.3 is 9.47 Å². The first-order valence-electron chi connectivity index (χ1n) is 10.4. The van der Waals surface area contributed by atoms with Crippen molar-refractivity contribution < 1.29 is 9.47 Å². The van der Waals surface area contributed by atoms with Gasteiger partial charge in [-0.15, -0.1) is 0 Å². The lowest BCUT2D eigenvalue weighted by Gasteiger charge is -2.16. The fourth-order valence-corrected chi connectivity index (χ4v) is 3.98. The molecule has 0 spiro atoms. The molecule has 0 atom stereocenters. The Bertz CT molecular complexity index is 1210. The molecule has 4 nitrogen and oxygen atoms in total. The van der Waals surface area contributed by atoms with Crippen LogP contribution in [0.1, 0.15) is 43.8 Å². The molecule has 2 aromatic heterocycles. The van der Waals surface area contributed by atoms with E-state index in [0.717, 1.165) is 52.0 Å². The Labute approximate surface area is 185 Å². The Morgan fingerprint density at radius 3 is 2.29 bits per heavy atom. The highest BCUT2D eigenvalue weighted by Gasteiger charge is 2.15. The summed E-state index contributed by atoms with van der Waals surface area (Å²) < 4.78 is 11.1. The van der Waals surface area contributed by atoms with Gasteiger partial charge in [-0.3, -0.25) is 9.97 Å². The fraction of sp³-hybridized carbons (Fsp3) is 0.333. The van der Waals surface area contributed by atoms with Crippen molar-refractivity contribution in [2.45, 2.75) is 41.0 Å². The number of hydrogen-bond acceptors (Lipinski definition) is 4. The summed E-state index contributed by atoms with van der Waals surface area (Å²) in [5.41, 5.74) is 5.58. The minimum Gasteiger partial charge on any atom is -0.493 e. The smallest absolute Gasteiger partial charge is 0.161 e. The van der Waals surface area contributed by atoms with Crippen LogP contribution >= 0.6 is 0 Å². The zero-order valence-electron chi connectivity index (χ0n) is 18.3. The van der Waals surface area contributed by atoms with Crippen LogP contribution in [0, 0.1) is 12.8 Å². The molecule has 2 aromatic carbocycles. The van der Waals surface area contributed by atoms with Crippen molar-refractivity contribution in [1.82, 2.24) is 9.97 Å². The molecule has 0 amide bonds. The summed E-state index contributed by atoms with van der Waals surface area (Å²) in [6.45, 7) is 6.45. The van der Waals surface area contributed by atoms with Crippen LogP contribution in [0.15, 0.2) is 48.7 Å². The van der Waals surface area contributed by atoms with Crippen LogP contribution in [0.2, 0.25) is 0 Å². The second-order valence-electron chi connectivity index (χ2n) is 8.24. The highest BCUT2D eigenvalue weighted by Crippen LogP contribution is 2.36. The molecular weight excluding hydrogens is 384 g/mol. The Hall–Kier alpha value is -3.14. The summed E-state index contributed by atoms with van der Waals surface area (Å²) in [5.74, 6) is 2.00. The molecule has 0 saturated carbocycles. The van der Waals surface area contributed by atoms with E-state index in [0.29, 0.717) is 5.92 Å². The van der Waals surface area contributed by atoms with E-state index in [1.165, 1.54) is 16.5 Å². The first kappa shape index (κ1) is 22.5. The van der Waals surface area contributed by atoms with Gasteiger partial charge in [-0.25, -0.2) is 0 Å². The minimum absolute atomic E-state index is 0. The number of pyridine rings is 2. The highest BCUT2D eigenvalue weighted by atomic mass is 16.5. The van der Waals surface area contributed by atoms with Crippen LogP contribution < -0.4 is 9.47 Å². The number of benzene rings is 2. The second-order valence-corrected chi connectivity index (χ2v) is 8.24. The lowest BCUT2D eigenvalue weighted by Crippen LogP contribution is -2.02. The number of hydrogen-bond donors (Lipinski definition) is 0. The molecule has 2 heterocycles. The van der Waals surface area contributed by atoms with Gasteiger partial charge in [0.25, 0.3) is 0 Å². The third kappa shape index (κ3) is 4.63. The molecule has 0 saturated heterocycles. The van der Waals surface area contributed by atoms with Gasteiger partial charge in [0.15, 0.2) is 11.5 Å². The zero-order valence-corrected chi connectivity index (χ0v) is 18.3. The van der Waals surface area contributed by atoms with Crippen molar-refractivity contribution in [3.8, 4) is 11.5 Å². The molecule has 0 N–H and O–H groups in total. The summed E-state index contributed by atoms with van der Waals surface area (Å²) in [6.07, 6.45) is 3.74. The quantitative estimate of drug-likeness (QED) is 0.358. The first-order valence-corrected chi connectivity index (χ1v) is 10.4. The van der Waals surface area contributed by atoms with Gasteiger partial charge in [0.05, 0.1) is 19.7 Å². The lowest BCUT2D eigenvalue weighted by atomic mass is 9.95. The van der Waals surface area contributed by atoms with Crippen LogP contribution in [0.4, 0.5) is 0 Å². The molecule has 4 rings (SSSR count). The van der Waals surface area contributed by atoms with E-state index in [2.05, 4.69) is 61.3 Å². The molecule has 0 aliphatic rings. The SMILES string of the molecule is C.COc1cc2c(Cc3ccc4nc(C)ccc4c3)cnc(CC(C)C)c2cc1OC. The van der Waals surface area contributed by atoms with Crippen LogP contribution in [0.3, 0.4) is 0 Å². The number of aromatic nitrogens is 2. The number of methoxy groups -OCH3 is 2. The molecular formula is C27H32N2O2. The standard InChI is InChI=1S/C26H28N2O2.CH4/c1-16(2)10-24-22-14-26(30-5)25(29-4)13-21(22)20(15-27-24)12-18-7-9-23-19(11-18)8-6-17(3)28-23;/h6-9,11,13-16H,10,12H2,1-5H3;1H4. The monoisotopic (exact) mass is 416 g/mol. The van der Waals surface area contributed by atoms with Gasteiger partial charge in [0.1, 0.15) is 0 Å². The number of aryl methyl sites for hydroxylation is 1.